The summed E-state index contributed by atoms with van der Waals surface area (Å²) < 4.78 is 0. The summed E-state index contributed by atoms with van der Waals surface area (Å²) >= 11 is 0. The van der Waals surface area contributed by atoms with Crippen molar-refractivity contribution in [2.45, 2.75) is 18.8 Å². The zero-order valence-corrected chi connectivity index (χ0v) is 14.2. The first-order valence-corrected chi connectivity index (χ1v) is 7.83. The van der Waals surface area contributed by atoms with Crippen molar-refractivity contribution < 1.29 is 9.90 Å². The van der Waals surface area contributed by atoms with Gasteiger partial charge < -0.3 is 16.2 Å². The molecule has 24 heavy (non-hydrogen) atoms. The number of fused-ring (bicyclic) bond motifs is 1. The molecule has 1 aliphatic carbocycles. The SMILES string of the molecule is Cc1nc(N)c(C(=O)O)cc1-c1ccc([C@@]23CNC[C@@H]2C3)cc1.Cl. The molecule has 1 saturated heterocycles. The summed E-state index contributed by atoms with van der Waals surface area (Å²) in [5.41, 5.74) is 9.99. The third-order valence-electron chi connectivity index (χ3n) is 5.31. The van der Waals surface area contributed by atoms with E-state index in [9.17, 15) is 9.90 Å². The van der Waals surface area contributed by atoms with Crippen molar-refractivity contribution in [2.24, 2.45) is 5.92 Å². The number of halogens is 1. The van der Waals surface area contributed by atoms with Crippen LogP contribution in [0.4, 0.5) is 5.82 Å². The number of carboxylic acids is 1. The lowest BCUT2D eigenvalue weighted by molar-refractivity contribution is 0.0697. The van der Waals surface area contributed by atoms with Gasteiger partial charge in [-0.25, -0.2) is 9.78 Å². The first-order valence-electron chi connectivity index (χ1n) is 7.83. The molecule has 1 aromatic carbocycles. The fraction of sp³-hybridized carbons (Fsp3) is 0.333. The molecule has 2 aromatic rings. The van der Waals surface area contributed by atoms with Gasteiger partial charge in [0, 0.05) is 23.2 Å². The minimum absolute atomic E-state index is 0. The molecule has 4 rings (SSSR count). The second kappa shape index (κ2) is 5.76. The molecule has 0 spiro atoms. The van der Waals surface area contributed by atoms with E-state index in [0.717, 1.165) is 35.8 Å². The quantitative estimate of drug-likeness (QED) is 0.795. The largest absolute Gasteiger partial charge is 0.478 e. The van der Waals surface area contributed by atoms with E-state index in [0.29, 0.717) is 5.41 Å². The molecule has 1 aromatic heterocycles. The Labute approximate surface area is 146 Å². The van der Waals surface area contributed by atoms with Gasteiger partial charge in [0.1, 0.15) is 11.4 Å². The lowest BCUT2D eigenvalue weighted by Crippen LogP contribution is -2.19. The molecule has 2 heterocycles. The molecule has 126 valence electrons. The van der Waals surface area contributed by atoms with Gasteiger partial charge in [-0.15, -0.1) is 12.4 Å². The van der Waals surface area contributed by atoms with Crippen LogP contribution in [0.5, 0.6) is 0 Å². The Kier molecular flexibility index (Phi) is 4.01. The van der Waals surface area contributed by atoms with Gasteiger partial charge in [-0.3, -0.25) is 0 Å². The number of anilines is 1. The maximum atomic E-state index is 11.3. The number of nitrogens with two attached hydrogens (primary N) is 1. The van der Waals surface area contributed by atoms with Crippen molar-refractivity contribution in [1.29, 1.82) is 0 Å². The monoisotopic (exact) mass is 345 g/mol. The van der Waals surface area contributed by atoms with Crippen molar-refractivity contribution >= 4 is 24.2 Å². The van der Waals surface area contributed by atoms with E-state index in [4.69, 9.17) is 5.73 Å². The van der Waals surface area contributed by atoms with Crippen molar-refractivity contribution in [3.63, 3.8) is 0 Å². The van der Waals surface area contributed by atoms with Crippen molar-refractivity contribution in [1.82, 2.24) is 10.3 Å². The second-order valence-electron chi connectivity index (χ2n) is 6.62. The van der Waals surface area contributed by atoms with E-state index < -0.39 is 5.97 Å². The number of piperidine rings is 1. The van der Waals surface area contributed by atoms with Crippen molar-refractivity contribution in [3.05, 3.63) is 47.2 Å². The maximum Gasteiger partial charge on any atom is 0.339 e. The summed E-state index contributed by atoms with van der Waals surface area (Å²) in [7, 11) is 0. The van der Waals surface area contributed by atoms with E-state index in [1.165, 1.54) is 12.0 Å². The van der Waals surface area contributed by atoms with Crippen LogP contribution in [-0.4, -0.2) is 29.1 Å². The van der Waals surface area contributed by atoms with Gasteiger partial charge in [-0.1, -0.05) is 24.3 Å². The first-order chi connectivity index (χ1) is 11.0. The number of aromatic nitrogens is 1. The molecule has 2 fully saturated rings. The predicted octanol–water partition coefficient (Wildman–Crippen LogP) is 2.62. The molecule has 0 bridgehead atoms. The Bertz CT molecular complexity index is 807. The van der Waals surface area contributed by atoms with Crippen molar-refractivity contribution in [2.75, 3.05) is 18.8 Å². The Morgan fingerprint density at radius 1 is 1.38 bits per heavy atom. The third-order valence-corrected chi connectivity index (χ3v) is 5.31. The summed E-state index contributed by atoms with van der Waals surface area (Å²) in [6, 6.07) is 10.1. The fourth-order valence-corrected chi connectivity index (χ4v) is 3.86. The average Bonchev–Trinajstić information content (AvgIpc) is 3.09. The Hall–Kier alpha value is -2.11. The molecule has 6 heteroatoms. The number of nitrogen functional groups attached to an aromatic ring is 1. The highest BCUT2D eigenvalue weighted by molar-refractivity contribution is 5.94. The number of hydrogen-bond acceptors (Lipinski definition) is 4. The number of pyridine rings is 1. The number of nitrogens with one attached hydrogen (secondary N) is 1. The number of aryl methyl sites for hydroxylation is 1. The zero-order valence-electron chi connectivity index (χ0n) is 13.4. The van der Waals surface area contributed by atoms with Gasteiger partial charge in [0.2, 0.25) is 0 Å². The summed E-state index contributed by atoms with van der Waals surface area (Å²) in [5, 5.41) is 12.7. The lowest BCUT2D eigenvalue weighted by Gasteiger charge is -2.14. The van der Waals surface area contributed by atoms with Crippen LogP contribution in [0.3, 0.4) is 0 Å². The van der Waals surface area contributed by atoms with Gasteiger partial charge in [0.05, 0.1) is 0 Å². The number of aromatic carboxylic acids is 1. The smallest absolute Gasteiger partial charge is 0.339 e. The fourth-order valence-electron chi connectivity index (χ4n) is 3.86. The average molecular weight is 346 g/mol. The molecule has 4 N–H and O–H groups in total. The van der Waals surface area contributed by atoms with E-state index in [1.54, 1.807) is 6.07 Å². The normalized spacial score (nSPS) is 24.1. The van der Waals surface area contributed by atoms with Crippen LogP contribution in [0, 0.1) is 12.8 Å². The molecule has 2 atom stereocenters. The molecule has 0 unspecified atom stereocenters. The highest BCUT2D eigenvalue weighted by Gasteiger charge is 2.57. The summed E-state index contributed by atoms with van der Waals surface area (Å²) in [4.78, 5) is 15.4. The van der Waals surface area contributed by atoms with Gasteiger partial charge in [0.15, 0.2) is 0 Å². The van der Waals surface area contributed by atoms with E-state index in [1.807, 2.05) is 6.92 Å². The Balaban J connectivity index is 0.00000169. The van der Waals surface area contributed by atoms with Crippen LogP contribution in [0.25, 0.3) is 11.1 Å². The zero-order chi connectivity index (χ0) is 16.2. The summed E-state index contributed by atoms with van der Waals surface area (Å²) in [5.74, 6) is -0.219. The highest BCUT2D eigenvalue weighted by Crippen LogP contribution is 2.56. The molecule has 2 aliphatic rings. The number of rotatable bonds is 3. The molecular weight excluding hydrogens is 326 g/mol. The minimum Gasteiger partial charge on any atom is -0.478 e. The summed E-state index contributed by atoms with van der Waals surface area (Å²) in [6.07, 6.45) is 1.27. The van der Waals surface area contributed by atoms with E-state index >= 15 is 0 Å². The predicted molar refractivity (Wildman–Crippen MR) is 95.7 cm³/mol. The minimum atomic E-state index is -1.05. The van der Waals surface area contributed by atoms with Gasteiger partial charge in [0.25, 0.3) is 0 Å². The number of carboxylic acid groups (broad SMARTS) is 1. The van der Waals surface area contributed by atoms with Crippen molar-refractivity contribution in [3.8, 4) is 11.1 Å². The van der Waals surface area contributed by atoms with Crippen LogP contribution in [-0.2, 0) is 5.41 Å². The van der Waals surface area contributed by atoms with Gasteiger partial charge in [-0.05, 0) is 43.0 Å². The molecule has 0 radical (unpaired) electrons. The summed E-state index contributed by atoms with van der Waals surface area (Å²) in [6.45, 7) is 4.02. The van der Waals surface area contributed by atoms with Gasteiger partial charge in [-0.2, -0.15) is 0 Å². The Morgan fingerprint density at radius 2 is 2.08 bits per heavy atom. The maximum absolute atomic E-state index is 11.3. The van der Waals surface area contributed by atoms with E-state index in [-0.39, 0.29) is 23.8 Å². The second-order valence-corrected chi connectivity index (χ2v) is 6.62. The first kappa shape index (κ1) is 16.7. The van der Waals surface area contributed by atoms with Crippen LogP contribution in [0.2, 0.25) is 0 Å². The topological polar surface area (TPSA) is 88.2 Å². The van der Waals surface area contributed by atoms with E-state index in [2.05, 4.69) is 34.6 Å². The molecule has 5 nitrogen and oxygen atoms in total. The third kappa shape index (κ3) is 2.44. The Morgan fingerprint density at radius 3 is 2.62 bits per heavy atom. The van der Waals surface area contributed by atoms with Crippen LogP contribution in [0.15, 0.2) is 30.3 Å². The standard InChI is InChI=1S/C18H19N3O2.ClH/c1-10-14(6-15(17(22)23)16(19)21-10)11-2-4-12(5-3-11)18-7-13(18)8-20-9-18;/h2-6,13,20H,7-9H2,1H3,(H2,19,21)(H,22,23);1H/t13-,18+;/m0./s1. The highest BCUT2D eigenvalue weighted by atomic mass is 35.5. The molecule has 1 aliphatic heterocycles. The lowest BCUT2D eigenvalue weighted by atomic mass is 9.92. The molecule has 0 amide bonds. The van der Waals surface area contributed by atoms with Gasteiger partial charge >= 0.3 is 5.97 Å². The number of hydrogen-bond donors (Lipinski definition) is 3. The van der Waals surface area contributed by atoms with Crippen LogP contribution >= 0.6 is 12.4 Å². The van der Waals surface area contributed by atoms with Crippen LogP contribution in [0.1, 0.15) is 28.0 Å². The number of benzene rings is 1. The number of carbonyl (C=O) groups is 1. The molecular formula is C18H20ClN3O2. The number of nitrogens with zero attached hydrogens (tertiary/aromatic N) is 1. The molecule has 1 saturated carbocycles. The van der Waals surface area contributed by atoms with Crippen LogP contribution < -0.4 is 11.1 Å².